The van der Waals surface area contributed by atoms with Crippen molar-refractivity contribution in [2.45, 2.75) is 32.0 Å². The van der Waals surface area contributed by atoms with Crippen LogP contribution >= 0.6 is 0 Å². The standard InChI is InChI=1S/C25H24O6/c1-15-5-8-17-12-18-13-23(25(2,3)31-21(18)14-20(17)29-15)30-24(27)10-7-16-6-9-19(26)22(11-16)28-4/h5-12,14,23,26H,1,13H2,2-4H3/b10-7+/t23-/m0/s1. The zero-order valence-corrected chi connectivity index (χ0v) is 17.7. The molecule has 0 saturated carbocycles. The van der Waals surface area contributed by atoms with Gasteiger partial charge in [0.15, 0.2) is 11.5 Å². The fourth-order valence-corrected chi connectivity index (χ4v) is 3.58. The molecule has 0 saturated heterocycles. The lowest BCUT2D eigenvalue weighted by Crippen LogP contribution is -2.48. The van der Waals surface area contributed by atoms with Gasteiger partial charge < -0.3 is 24.1 Å². The van der Waals surface area contributed by atoms with E-state index in [1.54, 1.807) is 18.2 Å². The van der Waals surface area contributed by atoms with Crippen molar-refractivity contribution in [1.29, 1.82) is 0 Å². The molecule has 1 N–H and O–H groups in total. The summed E-state index contributed by atoms with van der Waals surface area (Å²) in [5.74, 6) is 1.88. The molecule has 0 aromatic heterocycles. The van der Waals surface area contributed by atoms with Gasteiger partial charge in [0.2, 0.25) is 0 Å². The van der Waals surface area contributed by atoms with Crippen LogP contribution in [0.1, 0.15) is 30.5 Å². The molecule has 31 heavy (non-hydrogen) atoms. The Balaban J connectivity index is 1.50. The maximum atomic E-state index is 12.5. The number of ether oxygens (including phenoxy) is 4. The van der Waals surface area contributed by atoms with E-state index in [9.17, 15) is 9.90 Å². The normalized spacial score (nSPS) is 18.5. The van der Waals surface area contributed by atoms with Gasteiger partial charge in [0.25, 0.3) is 0 Å². The van der Waals surface area contributed by atoms with Crippen LogP contribution in [0.15, 0.2) is 54.8 Å². The summed E-state index contributed by atoms with van der Waals surface area (Å²) >= 11 is 0. The SMILES string of the molecule is C=C1C=Cc2cc3c(cc2O1)OC(C)(C)[C@@H](OC(=O)/C=C/c1ccc(O)c(OC)c1)C3. The van der Waals surface area contributed by atoms with Crippen molar-refractivity contribution in [2.24, 2.45) is 0 Å². The van der Waals surface area contributed by atoms with Gasteiger partial charge in [-0.1, -0.05) is 12.6 Å². The zero-order valence-electron chi connectivity index (χ0n) is 17.7. The number of hydrogen-bond acceptors (Lipinski definition) is 6. The smallest absolute Gasteiger partial charge is 0.331 e. The third-order valence-electron chi connectivity index (χ3n) is 5.31. The average molecular weight is 420 g/mol. The van der Waals surface area contributed by atoms with E-state index >= 15 is 0 Å². The van der Waals surface area contributed by atoms with E-state index in [0.717, 1.165) is 11.1 Å². The summed E-state index contributed by atoms with van der Waals surface area (Å²) in [5, 5.41) is 9.68. The molecule has 0 bridgehead atoms. The number of rotatable bonds is 4. The fourth-order valence-electron chi connectivity index (χ4n) is 3.58. The van der Waals surface area contributed by atoms with Crippen LogP contribution < -0.4 is 14.2 Å². The zero-order chi connectivity index (χ0) is 22.2. The number of esters is 1. The Kier molecular flexibility index (Phi) is 5.23. The third-order valence-corrected chi connectivity index (χ3v) is 5.31. The summed E-state index contributed by atoms with van der Waals surface area (Å²) < 4.78 is 22.7. The Labute approximate surface area is 181 Å². The van der Waals surface area contributed by atoms with Crippen molar-refractivity contribution < 1.29 is 28.8 Å². The molecule has 2 aromatic carbocycles. The molecule has 2 aromatic rings. The highest BCUT2D eigenvalue weighted by molar-refractivity contribution is 5.87. The maximum absolute atomic E-state index is 12.5. The van der Waals surface area contributed by atoms with Crippen LogP contribution in [0.25, 0.3) is 12.2 Å². The summed E-state index contributed by atoms with van der Waals surface area (Å²) in [6.45, 7) is 7.60. The summed E-state index contributed by atoms with van der Waals surface area (Å²) in [7, 11) is 1.47. The van der Waals surface area contributed by atoms with E-state index in [4.69, 9.17) is 18.9 Å². The van der Waals surface area contributed by atoms with Crippen molar-refractivity contribution in [2.75, 3.05) is 7.11 Å². The predicted molar refractivity (Wildman–Crippen MR) is 117 cm³/mol. The molecule has 6 nitrogen and oxygen atoms in total. The molecular weight excluding hydrogens is 396 g/mol. The average Bonchev–Trinajstić information content (AvgIpc) is 2.72. The Morgan fingerprint density at radius 2 is 2.03 bits per heavy atom. The van der Waals surface area contributed by atoms with Gasteiger partial charge >= 0.3 is 5.97 Å². The number of methoxy groups -OCH3 is 1. The fraction of sp³-hybridized carbons (Fsp3) is 0.240. The number of allylic oxidation sites excluding steroid dienone is 1. The molecule has 0 aliphatic carbocycles. The number of carbonyl (C=O) groups is 1. The molecule has 0 amide bonds. The van der Waals surface area contributed by atoms with Crippen molar-refractivity contribution in [3.63, 3.8) is 0 Å². The topological polar surface area (TPSA) is 74.2 Å². The van der Waals surface area contributed by atoms with Crippen LogP contribution in [0, 0.1) is 0 Å². The highest BCUT2D eigenvalue weighted by Crippen LogP contribution is 2.40. The molecule has 2 heterocycles. The number of benzene rings is 2. The van der Waals surface area contributed by atoms with E-state index < -0.39 is 17.7 Å². The number of phenolic OH excluding ortho intramolecular Hbond substituents is 1. The Morgan fingerprint density at radius 3 is 2.81 bits per heavy atom. The van der Waals surface area contributed by atoms with Crippen LogP contribution in [0.4, 0.5) is 0 Å². The van der Waals surface area contributed by atoms with Gasteiger partial charge in [0.1, 0.15) is 29.0 Å². The van der Waals surface area contributed by atoms with E-state index in [0.29, 0.717) is 35.0 Å². The minimum absolute atomic E-state index is 0.0359. The maximum Gasteiger partial charge on any atom is 0.331 e. The van der Waals surface area contributed by atoms with Gasteiger partial charge in [-0.2, -0.15) is 0 Å². The van der Waals surface area contributed by atoms with Gasteiger partial charge in [-0.25, -0.2) is 4.79 Å². The van der Waals surface area contributed by atoms with Crippen LogP contribution in [0.5, 0.6) is 23.0 Å². The number of aromatic hydroxyl groups is 1. The second-order valence-corrected chi connectivity index (χ2v) is 8.00. The highest BCUT2D eigenvalue weighted by Gasteiger charge is 2.40. The molecule has 6 heteroatoms. The van der Waals surface area contributed by atoms with E-state index in [1.165, 1.54) is 19.3 Å². The molecule has 2 aliphatic rings. The van der Waals surface area contributed by atoms with Gasteiger partial charge in [-0.05, 0) is 61.4 Å². The monoisotopic (exact) mass is 420 g/mol. The highest BCUT2D eigenvalue weighted by atomic mass is 16.6. The molecule has 0 fully saturated rings. The lowest BCUT2D eigenvalue weighted by atomic mass is 9.89. The molecular formula is C25H24O6. The second kappa shape index (κ2) is 7.87. The number of phenols is 1. The summed E-state index contributed by atoms with van der Waals surface area (Å²) in [4.78, 5) is 12.5. The molecule has 0 unspecified atom stereocenters. The lowest BCUT2D eigenvalue weighted by Gasteiger charge is -2.39. The van der Waals surface area contributed by atoms with Crippen molar-refractivity contribution in [3.8, 4) is 23.0 Å². The first-order valence-electron chi connectivity index (χ1n) is 9.91. The first-order valence-corrected chi connectivity index (χ1v) is 9.91. The predicted octanol–water partition coefficient (Wildman–Crippen LogP) is 4.66. The molecule has 2 aliphatic heterocycles. The summed E-state index contributed by atoms with van der Waals surface area (Å²) in [6, 6.07) is 8.67. The molecule has 4 rings (SSSR count). The lowest BCUT2D eigenvalue weighted by molar-refractivity contribution is -0.155. The quantitative estimate of drug-likeness (QED) is 0.573. The number of fused-ring (bicyclic) bond motifs is 2. The van der Waals surface area contributed by atoms with Crippen LogP contribution in [0.2, 0.25) is 0 Å². The van der Waals surface area contributed by atoms with E-state index in [1.807, 2.05) is 38.1 Å². The minimum Gasteiger partial charge on any atom is -0.504 e. The molecule has 1 atom stereocenters. The van der Waals surface area contributed by atoms with Crippen LogP contribution in [-0.2, 0) is 16.0 Å². The van der Waals surface area contributed by atoms with Gasteiger partial charge in [-0.3, -0.25) is 0 Å². The van der Waals surface area contributed by atoms with Crippen molar-refractivity contribution in [1.82, 2.24) is 0 Å². The first-order chi connectivity index (χ1) is 14.7. The first kappa shape index (κ1) is 20.6. The molecule has 0 radical (unpaired) electrons. The largest absolute Gasteiger partial charge is 0.504 e. The van der Waals surface area contributed by atoms with Gasteiger partial charge in [-0.15, -0.1) is 0 Å². The Hall–Kier alpha value is -3.67. The van der Waals surface area contributed by atoms with Crippen LogP contribution in [0.3, 0.4) is 0 Å². The Morgan fingerprint density at radius 1 is 1.23 bits per heavy atom. The van der Waals surface area contributed by atoms with E-state index in [2.05, 4.69) is 6.58 Å². The van der Waals surface area contributed by atoms with Crippen LogP contribution in [-0.4, -0.2) is 29.9 Å². The Bertz CT molecular complexity index is 1110. The van der Waals surface area contributed by atoms with Gasteiger partial charge in [0.05, 0.1) is 7.11 Å². The molecule has 0 spiro atoms. The minimum atomic E-state index is -0.714. The van der Waals surface area contributed by atoms with Crippen molar-refractivity contribution >= 4 is 18.1 Å². The van der Waals surface area contributed by atoms with Crippen molar-refractivity contribution in [3.05, 3.63) is 71.5 Å². The summed E-state index contributed by atoms with van der Waals surface area (Å²) in [6.07, 6.45) is 6.77. The number of carbonyl (C=O) groups excluding carboxylic acids is 1. The molecule has 160 valence electrons. The van der Waals surface area contributed by atoms with Gasteiger partial charge in [0, 0.05) is 24.1 Å². The summed E-state index contributed by atoms with van der Waals surface area (Å²) in [5.41, 5.74) is 1.87. The third kappa shape index (κ3) is 4.28. The van der Waals surface area contributed by atoms with E-state index in [-0.39, 0.29) is 5.75 Å². The number of hydrogen-bond donors (Lipinski definition) is 1. The second-order valence-electron chi connectivity index (χ2n) is 8.00.